The van der Waals surface area contributed by atoms with E-state index in [1.165, 1.54) is 0 Å². The average Bonchev–Trinajstić information content (AvgIpc) is 3.06. The second kappa shape index (κ2) is 8.70. The molecule has 3 N–H and O–H groups in total. The SMILES string of the molecule is Cn1cc(CNc2ccc(C(=O)NCCO)c(Cl)c2)c(-c2ccccc2)n1. The normalized spacial score (nSPS) is 10.6. The maximum Gasteiger partial charge on any atom is 0.252 e. The van der Waals surface area contributed by atoms with Crippen LogP contribution in [0.15, 0.2) is 54.7 Å². The molecule has 3 aromatic rings. The maximum absolute atomic E-state index is 12.0. The van der Waals surface area contributed by atoms with Gasteiger partial charge in [-0.3, -0.25) is 9.48 Å². The molecule has 0 bridgehead atoms. The van der Waals surface area contributed by atoms with Gasteiger partial charge in [0.15, 0.2) is 0 Å². The summed E-state index contributed by atoms with van der Waals surface area (Å²) in [4.78, 5) is 12.0. The Balaban J connectivity index is 1.73. The quantitative estimate of drug-likeness (QED) is 0.585. The number of carbonyl (C=O) groups is 1. The van der Waals surface area contributed by atoms with Crippen LogP contribution in [-0.4, -0.2) is 33.9 Å². The Bertz CT molecular complexity index is 925. The molecule has 0 spiro atoms. The second-order valence-corrected chi connectivity index (χ2v) is 6.48. The summed E-state index contributed by atoms with van der Waals surface area (Å²) < 4.78 is 1.79. The van der Waals surface area contributed by atoms with Gasteiger partial charge >= 0.3 is 0 Å². The smallest absolute Gasteiger partial charge is 0.252 e. The number of aryl methyl sites for hydroxylation is 1. The van der Waals surface area contributed by atoms with Crippen molar-refractivity contribution >= 4 is 23.2 Å². The highest BCUT2D eigenvalue weighted by Crippen LogP contribution is 2.24. The first kappa shape index (κ1) is 18.9. The Morgan fingerprint density at radius 3 is 2.70 bits per heavy atom. The van der Waals surface area contributed by atoms with Gasteiger partial charge in [0.2, 0.25) is 0 Å². The van der Waals surface area contributed by atoms with E-state index < -0.39 is 0 Å². The molecule has 0 saturated heterocycles. The molecule has 0 fully saturated rings. The third kappa shape index (κ3) is 4.67. The van der Waals surface area contributed by atoms with Crippen LogP contribution in [0.5, 0.6) is 0 Å². The number of carbonyl (C=O) groups excluding carboxylic acids is 1. The number of benzene rings is 2. The van der Waals surface area contributed by atoms with Gasteiger partial charge in [0.05, 0.1) is 22.9 Å². The van der Waals surface area contributed by atoms with Crippen LogP contribution >= 0.6 is 11.6 Å². The summed E-state index contributed by atoms with van der Waals surface area (Å²) in [5, 5.41) is 19.6. The number of hydrogen-bond donors (Lipinski definition) is 3. The summed E-state index contributed by atoms with van der Waals surface area (Å²) in [7, 11) is 1.90. The monoisotopic (exact) mass is 384 g/mol. The summed E-state index contributed by atoms with van der Waals surface area (Å²) in [6.07, 6.45) is 1.98. The molecule has 7 heteroatoms. The van der Waals surface area contributed by atoms with Gasteiger partial charge in [-0.25, -0.2) is 0 Å². The molecule has 0 atom stereocenters. The number of aliphatic hydroxyl groups excluding tert-OH is 1. The number of aromatic nitrogens is 2. The van der Waals surface area contributed by atoms with E-state index in [0.717, 1.165) is 22.5 Å². The predicted octanol–water partition coefficient (Wildman–Crippen LogP) is 3.07. The first-order valence-corrected chi connectivity index (χ1v) is 8.96. The zero-order valence-corrected chi connectivity index (χ0v) is 15.7. The van der Waals surface area contributed by atoms with E-state index in [4.69, 9.17) is 16.7 Å². The average molecular weight is 385 g/mol. The molecule has 6 nitrogen and oxygen atoms in total. The summed E-state index contributed by atoms with van der Waals surface area (Å²) in [6.45, 7) is 0.654. The van der Waals surface area contributed by atoms with Crippen molar-refractivity contribution in [2.24, 2.45) is 7.05 Å². The van der Waals surface area contributed by atoms with E-state index in [9.17, 15) is 4.79 Å². The van der Waals surface area contributed by atoms with Gasteiger partial charge in [-0.2, -0.15) is 5.10 Å². The summed E-state index contributed by atoms with van der Waals surface area (Å²) in [6, 6.07) is 15.2. The van der Waals surface area contributed by atoms with Gasteiger partial charge in [0.1, 0.15) is 0 Å². The summed E-state index contributed by atoms with van der Waals surface area (Å²) >= 11 is 6.24. The first-order valence-electron chi connectivity index (χ1n) is 8.59. The predicted molar refractivity (Wildman–Crippen MR) is 107 cm³/mol. The molecule has 0 saturated carbocycles. The summed E-state index contributed by atoms with van der Waals surface area (Å²) in [5.74, 6) is -0.306. The van der Waals surface area contributed by atoms with Crippen LogP contribution in [0.1, 0.15) is 15.9 Å². The third-order valence-electron chi connectivity index (χ3n) is 4.05. The lowest BCUT2D eigenvalue weighted by molar-refractivity contribution is 0.0945. The van der Waals surface area contributed by atoms with Crippen molar-refractivity contribution in [2.75, 3.05) is 18.5 Å². The van der Waals surface area contributed by atoms with Crippen molar-refractivity contribution in [1.29, 1.82) is 0 Å². The first-order chi connectivity index (χ1) is 13.1. The third-order valence-corrected chi connectivity index (χ3v) is 4.36. The van der Waals surface area contributed by atoms with Crippen LogP contribution in [0, 0.1) is 0 Å². The fraction of sp³-hybridized carbons (Fsp3) is 0.200. The molecule has 0 aliphatic heterocycles. The van der Waals surface area contributed by atoms with E-state index in [0.29, 0.717) is 17.1 Å². The number of halogens is 1. The highest BCUT2D eigenvalue weighted by atomic mass is 35.5. The molecule has 0 aliphatic rings. The van der Waals surface area contributed by atoms with Gasteiger partial charge in [0.25, 0.3) is 5.91 Å². The van der Waals surface area contributed by atoms with Gasteiger partial charge in [0, 0.05) is 43.1 Å². The Labute approximate surface area is 162 Å². The Hall–Kier alpha value is -2.83. The molecule has 0 radical (unpaired) electrons. The van der Waals surface area contributed by atoms with Crippen LogP contribution in [0.25, 0.3) is 11.3 Å². The fourth-order valence-electron chi connectivity index (χ4n) is 2.78. The molecular weight excluding hydrogens is 364 g/mol. The van der Waals surface area contributed by atoms with Crippen molar-refractivity contribution < 1.29 is 9.90 Å². The van der Waals surface area contributed by atoms with Crippen LogP contribution in [-0.2, 0) is 13.6 Å². The highest BCUT2D eigenvalue weighted by molar-refractivity contribution is 6.34. The zero-order valence-electron chi connectivity index (χ0n) is 14.9. The van der Waals surface area contributed by atoms with E-state index in [1.807, 2.05) is 43.6 Å². The minimum atomic E-state index is -0.306. The molecule has 0 aliphatic carbocycles. The van der Waals surface area contributed by atoms with Crippen LogP contribution in [0.2, 0.25) is 5.02 Å². The molecule has 1 aromatic heterocycles. The lowest BCUT2D eigenvalue weighted by Gasteiger charge is -2.10. The van der Waals surface area contributed by atoms with Crippen molar-refractivity contribution in [3.8, 4) is 11.3 Å². The number of hydrogen-bond acceptors (Lipinski definition) is 4. The van der Waals surface area contributed by atoms with Gasteiger partial charge < -0.3 is 15.7 Å². The van der Waals surface area contributed by atoms with Crippen molar-refractivity contribution in [1.82, 2.24) is 15.1 Å². The van der Waals surface area contributed by atoms with E-state index in [2.05, 4.69) is 15.7 Å². The standard InChI is InChI=1S/C20H21ClN4O2/c1-25-13-15(19(24-25)14-5-3-2-4-6-14)12-23-16-7-8-17(18(21)11-16)20(27)22-9-10-26/h2-8,11,13,23,26H,9-10,12H2,1H3,(H,22,27). The number of nitrogens with zero attached hydrogens (tertiary/aromatic N) is 2. The van der Waals surface area contributed by atoms with E-state index in [1.54, 1.807) is 22.9 Å². The van der Waals surface area contributed by atoms with Gasteiger partial charge in [-0.15, -0.1) is 0 Å². The van der Waals surface area contributed by atoms with Crippen LogP contribution in [0.4, 0.5) is 5.69 Å². The zero-order chi connectivity index (χ0) is 19.2. The Morgan fingerprint density at radius 2 is 2.00 bits per heavy atom. The molecular formula is C20H21ClN4O2. The Kier molecular flexibility index (Phi) is 6.11. The van der Waals surface area contributed by atoms with Crippen LogP contribution < -0.4 is 10.6 Å². The largest absolute Gasteiger partial charge is 0.395 e. The topological polar surface area (TPSA) is 79.2 Å². The second-order valence-electron chi connectivity index (χ2n) is 6.07. The fourth-order valence-corrected chi connectivity index (χ4v) is 3.04. The van der Waals surface area contributed by atoms with E-state index in [-0.39, 0.29) is 19.1 Å². The molecule has 2 aromatic carbocycles. The molecule has 1 heterocycles. The van der Waals surface area contributed by atoms with Gasteiger partial charge in [-0.1, -0.05) is 41.9 Å². The van der Waals surface area contributed by atoms with Crippen LogP contribution in [0.3, 0.4) is 0 Å². The molecule has 3 rings (SSSR count). The van der Waals surface area contributed by atoms with Crippen molar-refractivity contribution in [3.63, 3.8) is 0 Å². The number of nitrogens with one attached hydrogen (secondary N) is 2. The highest BCUT2D eigenvalue weighted by Gasteiger charge is 2.12. The number of anilines is 1. The number of aliphatic hydroxyl groups is 1. The minimum Gasteiger partial charge on any atom is -0.395 e. The summed E-state index contributed by atoms with van der Waals surface area (Å²) in [5.41, 5.74) is 4.23. The Morgan fingerprint density at radius 1 is 1.22 bits per heavy atom. The lowest BCUT2D eigenvalue weighted by atomic mass is 10.1. The lowest BCUT2D eigenvalue weighted by Crippen LogP contribution is -2.26. The maximum atomic E-state index is 12.0. The molecule has 27 heavy (non-hydrogen) atoms. The number of rotatable bonds is 7. The van der Waals surface area contributed by atoms with Crippen molar-refractivity contribution in [3.05, 3.63) is 70.9 Å². The molecule has 140 valence electrons. The molecule has 0 unspecified atom stereocenters. The van der Waals surface area contributed by atoms with E-state index >= 15 is 0 Å². The van der Waals surface area contributed by atoms with Gasteiger partial charge in [-0.05, 0) is 18.2 Å². The number of amides is 1. The molecule has 1 amide bonds. The van der Waals surface area contributed by atoms with Crippen molar-refractivity contribution in [2.45, 2.75) is 6.54 Å². The minimum absolute atomic E-state index is 0.113.